The minimum Gasteiger partial charge on any atom is -0.496 e. The first kappa shape index (κ1) is 14.1. The Morgan fingerprint density at radius 3 is 2.60 bits per heavy atom. The van der Waals surface area contributed by atoms with Crippen LogP contribution in [0.5, 0.6) is 5.75 Å². The van der Waals surface area contributed by atoms with Gasteiger partial charge in [-0.1, -0.05) is 0 Å². The zero-order chi connectivity index (χ0) is 14.9. The lowest BCUT2D eigenvalue weighted by Crippen LogP contribution is -2.08. The molecule has 5 nitrogen and oxygen atoms in total. The minimum atomic E-state index is -0.875. The van der Waals surface area contributed by atoms with Gasteiger partial charge in [0, 0.05) is 11.8 Å². The fourth-order valence-electron chi connectivity index (χ4n) is 2.24. The number of carboxylic acids is 1. The number of ether oxygens (including phenoxy) is 1. The van der Waals surface area contributed by atoms with E-state index in [1.807, 2.05) is 26.0 Å². The monoisotopic (exact) mass is 274 g/mol. The Morgan fingerprint density at radius 2 is 2.00 bits per heavy atom. The summed E-state index contributed by atoms with van der Waals surface area (Å²) in [5, 5.41) is 8.87. The average molecular weight is 274 g/mol. The number of hydrogen-bond donors (Lipinski definition) is 1. The summed E-state index contributed by atoms with van der Waals surface area (Å²) in [7, 11) is 1.65. The number of aliphatic carboxylic acids is 1. The van der Waals surface area contributed by atoms with E-state index < -0.39 is 5.97 Å². The first-order chi connectivity index (χ1) is 9.43. The molecule has 1 aromatic carbocycles. The third-order valence-electron chi connectivity index (χ3n) is 3.51. The van der Waals surface area contributed by atoms with Gasteiger partial charge < -0.3 is 14.4 Å². The van der Waals surface area contributed by atoms with Crippen molar-refractivity contribution in [2.75, 3.05) is 7.11 Å². The van der Waals surface area contributed by atoms with Crippen molar-refractivity contribution in [3.63, 3.8) is 0 Å². The first-order valence-corrected chi connectivity index (χ1v) is 6.34. The molecule has 0 fully saturated rings. The average Bonchev–Trinajstić information content (AvgIpc) is 2.73. The standard InChI is InChI=1S/C15H18N2O3/c1-9-10(2)14(20-4)6-5-12(9)13-7-17(8-15(18)19)11(3)16-13/h5-7H,8H2,1-4H3,(H,18,19). The zero-order valence-corrected chi connectivity index (χ0v) is 12.1. The summed E-state index contributed by atoms with van der Waals surface area (Å²) in [6.45, 7) is 5.74. The highest BCUT2D eigenvalue weighted by Gasteiger charge is 2.13. The Bertz CT molecular complexity index is 659. The van der Waals surface area contributed by atoms with Gasteiger partial charge in [-0.15, -0.1) is 0 Å². The number of benzene rings is 1. The van der Waals surface area contributed by atoms with Crippen LogP contribution in [0, 0.1) is 20.8 Å². The van der Waals surface area contributed by atoms with Crippen LogP contribution in [0.3, 0.4) is 0 Å². The maximum atomic E-state index is 10.8. The predicted octanol–water partition coefficient (Wildman–Crippen LogP) is 2.57. The van der Waals surface area contributed by atoms with E-state index in [1.165, 1.54) is 0 Å². The van der Waals surface area contributed by atoms with Crippen molar-refractivity contribution in [3.05, 3.63) is 35.3 Å². The molecule has 20 heavy (non-hydrogen) atoms. The lowest BCUT2D eigenvalue weighted by atomic mass is 10.0. The lowest BCUT2D eigenvalue weighted by Gasteiger charge is -2.10. The smallest absolute Gasteiger partial charge is 0.323 e. The van der Waals surface area contributed by atoms with Gasteiger partial charge in [0.1, 0.15) is 18.1 Å². The van der Waals surface area contributed by atoms with Gasteiger partial charge in [0.15, 0.2) is 0 Å². The number of imidazole rings is 1. The molecule has 0 saturated carbocycles. The quantitative estimate of drug-likeness (QED) is 0.930. The van der Waals surface area contributed by atoms with Crippen LogP contribution in [0.2, 0.25) is 0 Å². The Morgan fingerprint density at radius 1 is 1.30 bits per heavy atom. The second kappa shape index (κ2) is 5.36. The Balaban J connectivity index is 2.47. The number of hydrogen-bond acceptors (Lipinski definition) is 3. The maximum absolute atomic E-state index is 10.8. The summed E-state index contributed by atoms with van der Waals surface area (Å²) in [5.74, 6) is 0.655. The zero-order valence-electron chi connectivity index (χ0n) is 12.1. The maximum Gasteiger partial charge on any atom is 0.323 e. The van der Waals surface area contributed by atoms with Crippen molar-refractivity contribution in [1.82, 2.24) is 9.55 Å². The summed E-state index contributed by atoms with van der Waals surface area (Å²) in [6.07, 6.45) is 1.78. The molecule has 1 heterocycles. The Labute approximate surface area is 117 Å². The van der Waals surface area contributed by atoms with Gasteiger partial charge >= 0.3 is 5.97 Å². The van der Waals surface area contributed by atoms with E-state index in [4.69, 9.17) is 9.84 Å². The minimum absolute atomic E-state index is 0.0764. The molecule has 0 spiro atoms. The van der Waals surface area contributed by atoms with Crippen LogP contribution in [0.15, 0.2) is 18.3 Å². The van der Waals surface area contributed by atoms with E-state index >= 15 is 0 Å². The Hall–Kier alpha value is -2.30. The van der Waals surface area contributed by atoms with Gasteiger partial charge in [-0.05, 0) is 44.0 Å². The van der Waals surface area contributed by atoms with Gasteiger partial charge in [0.2, 0.25) is 0 Å². The van der Waals surface area contributed by atoms with Crippen LogP contribution in [0.4, 0.5) is 0 Å². The molecule has 0 amide bonds. The molecule has 0 bridgehead atoms. The van der Waals surface area contributed by atoms with E-state index in [1.54, 1.807) is 24.8 Å². The summed E-state index contributed by atoms with van der Waals surface area (Å²) in [6, 6.07) is 3.86. The molecule has 0 atom stereocenters. The molecule has 0 aliphatic rings. The molecule has 106 valence electrons. The van der Waals surface area contributed by atoms with Crippen LogP contribution in [-0.2, 0) is 11.3 Å². The van der Waals surface area contributed by atoms with Crippen molar-refractivity contribution in [2.45, 2.75) is 27.3 Å². The third-order valence-corrected chi connectivity index (χ3v) is 3.51. The highest BCUT2D eigenvalue weighted by atomic mass is 16.5. The molecule has 2 rings (SSSR count). The predicted molar refractivity (Wildman–Crippen MR) is 76.1 cm³/mol. The van der Waals surface area contributed by atoms with Crippen molar-refractivity contribution >= 4 is 5.97 Å². The molecule has 0 aliphatic heterocycles. The summed E-state index contributed by atoms with van der Waals surface area (Å²) >= 11 is 0. The van der Waals surface area contributed by atoms with Crippen LogP contribution in [0.25, 0.3) is 11.3 Å². The summed E-state index contributed by atoms with van der Waals surface area (Å²) in [4.78, 5) is 15.3. The van der Waals surface area contributed by atoms with Crippen LogP contribution >= 0.6 is 0 Å². The van der Waals surface area contributed by atoms with E-state index in [-0.39, 0.29) is 6.54 Å². The molecular weight excluding hydrogens is 256 g/mol. The molecule has 5 heteroatoms. The molecule has 0 saturated heterocycles. The number of methoxy groups -OCH3 is 1. The molecule has 0 radical (unpaired) electrons. The largest absolute Gasteiger partial charge is 0.496 e. The number of carboxylic acid groups (broad SMARTS) is 1. The molecule has 1 N–H and O–H groups in total. The van der Waals surface area contributed by atoms with E-state index in [0.717, 1.165) is 28.1 Å². The van der Waals surface area contributed by atoms with Crippen LogP contribution < -0.4 is 4.74 Å². The highest BCUT2D eigenvalue weighted by Crippen LogP contribution is 2.30. The molecule has 2 aromatic rings. The van der Waals surface area contributed by atoms with Gasteiger partial charge in [-0.25, -0.2) is 4.98 Å². The third kappa shape index (κ3) is 2.52. The highest BCUT2D eigenvalue weighted by molar-refractivity contribution is 5.69. The SMILES string of the molecule is COc1ccc(-c2cn(CC(=O)O)c(C)n2)c(C)c1C. The van der Waals surface area contributed by atoms with Gasteiger partial charge in [-0.3, -0.25) is 4.79 Å². The van der Waals surface area contributed by atoms with Crippen molar-refractivity contribution in [2.24, 2.45) is 0 Å². The number of aryl methyl sites for hydroxylation is 1. The van der Waals surface area contributed by atoms with E-state index in [0.29, 0.717) is 5.82 Å². The van der Waals surface area contributed by atoms with Gasteiger partial charge in [0.25, 0.3) is 0 Å². The van der Waals surface area contributed by atoms with E-state index in [9.17, 15) is 4.79 Å². The second-order valence-electron chi connectivity index (χ2n) is 4.76. The van der Waals surface area contributed by atoms with Crippen molar-refractivity contribution in [3.8, 4) is 17.0 Å². The number of aromatic nitrogens is 2. The normalized spacial score (nSPS) is 10.6. The second-order valence-corrected chi connectivity index (χ2v) is 4.76. The van der Waals surface area contributed by atoms with Gasteiger partial charge in [0.05, 0.1) is 12.8 Å². The molecule has 0 unspecified atom stereocenters. The van der Waals surface area contributed by atoms with Crippen LogP contribution in [-0.4, -0.2) is 27.7 Å². The fraction of sp³-hybridized carbons (Fsp3) is 0.333. The summed E-state index contributed by atoms with van der Waals surface area (Å²) < 4.78 is 6.93. The van der Waals surface area contributed by atoms with Crippen molar-refractivity contribution < 1.29 is 14.6 Å². The fourth-order valence-corrected chi connectivity index (χ4v) is 2.24. The topological polar surface area (TPSA) is 64.3 Å². The number of nitrogens with zero attached hydrogens (tertiary/aromatic N) is 2. The molecule has 1 aromatic heterocycles. The van der Waals surface area contributed by atoms with E-state index in [2.05, 4.69) is 4.98 Å². The van der Waals surface area contributed by atoms with Gasteiger partial charge in [-0.2, -0.15) is 0 Å². The molecule has 0 aliphatic carbocycles. The lowest BCUT2D eigenvalue weighted by molar-refractivity contribution is -0.137. The molecular formula is C15H18N2O3. The summed E-state index contributed by atoms with van der Waals surface area (Å²) in [5.41, 5.74) is 3.93. The number of carbonyl (C=O) groups is 1. The van der Waals surface area contributed by atoms with Crippen molar-refractivity contribution in [1.29, 1.82) is 0 Å². The first-order valence-electron chi connectivity index (χ1n) is 6.34. The number of rotatable bonds is 4. The van der Waals surface area contributed by atoms with Crippen LogP contribution in [0.1, 0.15) is 17.0 Å². The Kier molecular flexibility index (Phi) is 3.79.